The SMILES string of the molecule is Cl.Clc1ccc(Br)c(CN2CCC3NCCC3C2)c1. The summed E-state index contributed by atoms with van der Waals surface area (Å²) >= 11 is 9.69. The third kappa shape index (κ3) is 3.64. The summed E-state index contributed by atoms with van der Waals surface area (Å²) in [4.78, 5) is 2.56. The molecule has 0 saturated carbocycles. The molecule has 0 amide bonds. The lowest BCUT2D eigenvalue weighted by Gasteiger charge is -2.35. The molecule has 106 valence electrons. The third-order valence-electron chi connectivity index (χ3n) is 4.14. The van der Waals surface area contributed by atoms with Gasteiger partial charge in [-0.1, -0.05) is 27.5 Å². The Morgan fingerprint density at radius 1 is 1.37 bits per heavy atom. The molecule has 0 aromatic heterocycles. The molecule has 2 aliphatic rings. The van der Waals surface area contributed by atoms with Crippen molar-refractivity contribution in [3.8, 4) is 0 Å². The second kappa shape index (κ2) is 6.77. The van der Waals surface area contributed by atoms with Crippen LogP contribution in [0.25, 0.3) is 0 Å². The van der Waals surface area contributed by atoms with Crippen LogP contribution in [0.3, 0.4) is 0 Å². The van der Waals surface area contributed by atoms with E-state index in [9.17, 15) is 0 Å². The zero-order chi connectivity index (χ0) is 12.5. The van der Waals surface area contributed by atoms with Crippen molar-refractivity contribution in [2.45, 2.75) is 25.4 Å². The summed E-state index contributed by atoms with van der Waals surface area (Å²) in [7, 11) is 0. The van der Waals surface area contributed by atoms with Crippen LogP contribution in [0.5, 0.6) is 0 Å². The Morgan fingerprint density at radius 3 is 3.05 bits per heavy atom. The van der Waals surface area contributed by atoms with E-state index in [0.29, 0.717) is 0 Å². The molecule has 2 unspecified atom stereocenters. The van der Waals surface area contributed by atoms with Crippen molar-refractivity contribution in [2.75, 3.05) is 19.6 Å². The molecule has 3 rings (SSSR count). The predicted octanol–water partition coefficient (Wildman–Crippen LogP) is 3.71. The van der Waals surface area contributed by atoms with Crippen molar-refractivity contribution >= 4 is 39.9 Å². The highest BCUT2D eigenvalue weighted by Crippen LogP contribution is 2.28. The minimum atomic E-state index is 0. The van der Waals surface area contributed by atoms with Gasteiger partial charge in [-0.3, -0.25) is 4.90 Å². The largest absolute Gasteiger partial charge is 0.314 e. The van der Waals surface area contributed by atoms with Crippen LogP contribution < -0.4 is 5.32 Å². The number of hydrogen-bond donors (Lipinski definition) is 1. The van der Waals surface area contributed by atoms with Gasteiger partial charge in [0.05, 0.1) is 0 Å². The summed E-state index contributed by atoms with van der Waals surface area (Å²) in [5, 5.41) is 4.43. The summed E-state index contributed by atoms with van der Waals surface area (Å²) < 4.78 is 1.17. The van der Waals surface area contributed by atoms with E-state index in [1.54, 1.807) is 0 Å². The quantitative estimate of drug-likeness (QED) is 0.859. The van der Waals surface area contributed by atoms with E-state index in [1.807, 2.05) is 12.1 Å². The molecule has 2 saturated heterocycles. The number of hydrogen-bond acceptors (Lipinski definition) is 2. The number of fused-ring (bicyclic) bond motifs is 1. The number of rotatable bonds is 2. The number of nitrogens with one attached hydrogen (secondary N) is 1. The van der Waals surface area contributed by atoms with Gasteiger partial charge in [-0.05, 0) is 55.6 Å². The van der Waals surface area contributed by atoms with E-state index >= 15 is 0 Å². The maximum Gasteiger partial charge on any atom is 0.0410 e. The Bertz CT molecular complexity index is 441. The molecule has 1 aromatic rings. The van der Waals surface area contributed by atoms with Crippen LogP contribution in [0, 0.1) is 5.92 Å². The average Bonchev–Trinajstić information content (AvgIpc) is 2.81. The highest BCUT2D eigenvalue weighted by Gasteiger charge is 2.32. The molecule has 1 aromatic carbocycles. The van der Waals surface area contributed by atoms with Crippen molar-refractivity contribution in [3.05, 3.63) is 33.3 Å². The van der Waals surface area contributed by atoms with Crippen LogP contribution in [0.1, 0.15) is 18.4 Å². The van der Waals surface area contributed by atoms with E-state index in [4.69, 9.17) is 11.6 Å². The van der Waals surface area contributed by atoms with Crippen molar-refractivity contribution in [2.24, 2.45) is 5.92 Å². The van der Waals surface area contributed by atoms with Gasteiger partial charge < -0.3 is 5.32 Å². The maximum absolute atomic E-state index is 6.07. The molecule has 2 aliphatic heterocycles. The smallest absolute Gasteiger partial charge is 0.0410 e. The first kappa shape index (κ1) is 15.6. The van der Waals surface area contributed by atoms with Crippen molar-refractivity contribution in [1.29, 1.82) is 0 Å². The van der Waals surface area contributed by atoms with Crippen LogP contribution in [0.4, 0.5) is 0 Å². The van der Waals surface area contributed by atoms with Gasteiger partial charge in [0, 0.05) is 28.6 Å². The van der Waals surface area contributed by atoms with Gasteiger partial charge in [0.2, 0.25) is 0 Å². The van der Waals surface area contributed by atoms with E-state index in [1.165, 1.54) is 42.5 Å². The van der Waals surface area contributed by atoms with Crippen LogP contribution in [0.15, 0.2) is 22.7 Å². The summed E-state index contributed by atoms with van der Waals surface area (Å²) in [5.41, 5.74) is 1.30. The zero-order valence-corrected chi connectivity index (χ0v) is 13.9. The van der Waals surface area contributed by atoms with Crippen molar-refractivity contribution in [1.82, 2.24) is 10.2 Å². The van der Waals surface area contributed by atoms with Crippen LogP contribution in [0.2, 0.25) is 5.02 Å². The number of benzene rings is 1. The number of halogens is 3. The Kier molecular flexibility index (Phi) is 5.55. The highest BCUT2D eigenvalue weighted by molar-refractivity contribution is 9.10. The molecule has 0 bridgehead atoms. The average molecular weight is 366 g/mol. The van der Waals surface area contributed by atoms with E-state index in [0.717, 1.165) is 23.5 Å². The number of nitrogens with zero attached hydrogens (tertiary/aromatic N) is 1. The zero-order valence-electron chi connectivity index (χ0n) is 10.7. The molecule has 2 nitrogen and oxygen atoms in total. The molecule has 0 aliphatic carbocycles. The van der Waals surface area contributed by atoms with Gasteiger partial charge in [0.15, 0.2) is 0 Å². The van der Waals surface area contributed by atoms with Crippen molar-refractivity contribution < 1.29 is 0 Å². The minimum absolute atomic E-state index is 0. The maximum atomic E-state index is 6.07. The normalized spacial score (nSPS) is 26.8. The standard InChI is InChI=1S/C14H18BrClN2.ClH/c15-13-2-1-12(16)7-11(13)9-18-6-4-14-10(8-18)3-5-17-14;/h1-2,7,10,14,17H,3-6,8-9H2;1H. The first-order valence-corrected chi connectivity index (χ1v) is 7.79. The lowest BCUT2D eigenvalue weighted by molar-refractivity contribution is 0.155. The molecule has 2 fully saturated rings. The molecule has 5 heteroatoms. The molecule has 0 radical (unpaired) electrons. The fourth-order valence-electron chi connectivity index (χ4n) is 3.17. The van der Waals surface area contributed by atoms with Crippen LogP contribution >= 0.6 is 39.9 Å². The highest BCUT2D eigenvalue weighted by atomic mass is 79.9. The summed E-state index contributed by atoms with van der Waals surface area (Å²) in [6.07, 6.45) is 2.61. The van der Waals surface area contributed by atoms with Crippen LogP contribution in [-0.2, 0) is 6.54 Å². The summed E-state index contributed by atoms with van der Waals surface area (Å²) in [6, 6.07) is 6.82. The fourth-order valence-corrected chi connectivity index (χ4v) is 3.74. The molecule has 19 heavy (non-hydrogen) atoms. The Labute approximate surface area is 134 Å². The predicted molar refractivity (Wildman–Crippen MR) is 86.2 cm³/mol. The molecule has 1 N–H and O–H groups in total. The van der Waals surface area contributed by atoms with Crippen LogP contribution in [-0.4, -0.2) is 30.6 Å². The van der Waals surface area contributed by atoms with E-state index in [2.05, 4.69) is 32.2 Å². The topological polar surface area (TPSA) is 15.3 Å². The third-order valence-corrected chi connectivity index (χ3v) is 5.15. The molecule has 2 atom stereocenters. The van der Waals surface area contributed by atoms with Gasteiger partial charge in [0.25, 0.3) is 0 Å². The van der Waals surface area contributed by atoms with Gasteiger partial charge in [-0.2, -0.15) is 0 Å². The minimum Gasteiger partial charge on any atom is -0.314 e. The molecular formula is C14H19BrCl2N2. The molecular weight excluding hydrogens is 347 g/mol. The molecule has 2 heterocycles. The fraction of sp³-hybridized carbons (Fsp3) is 0.571. The van der Waals surface area contributed by atoms with Gasteiger partial charge in [0.1, 0.15) is 0 Å². The Morgan fingerprint density at radius 2 is 2.21 bits per heavy atom. The second-order valence-electron chi connectivity index (χ2n) is 5.37. The lowest BCUT2D eigenvalue weighted by Crippen LogP contribution is -2.43. The Balaban J connectivity index is 0.00000133. The first-order valence-electron chi connectivity index (χ1n) is 6.62. The Hall–Kier alpha value is 0.200. The van der Waals surface area contributed by atoms with Crippen molar-refractivity contribution in [3.63, 3.8) is 0 Å². The van der Waals surface area contributed by atoms with Gasteiger partial charge in [-0.25, -0.2) is 0 Å². The van der Waals surface area contributed by atoms with E-state index < -0.39 is 0 Å². The summed E-state index contributed by atoms with van der Waals surface area (Å²) in [6.45, 7) is 4.61. The number of likely N-dealkylation sites (tertiary alicyclic amines) is 1. The number of piperidine rings is 1. The van der Waals surface area contributed by atoms with Gasteiger partial charge in [-0.15, -0.1) is 12.4 Å². The second-order valence-corrected chi connectivity index (χ2v) is 6.66. The lowest BCUT2D eigenvalue weighted by atomic mass is 9.93. The van der Waals surface area contributed by atoms with E-state index in [-0.39, 0.29) is 12.4 Å². The molecule has 0 spiro atoms. The first-order chi connectivity index (χ1) is 8.72. The monoisotopic (exact) mass is 364 g/mol. The van der Waals surface area contributed by atoms with Gasteiger partial charge >= 0.3 is 0 Å². The summed E-state index contributed by atoms with van der Waals surface area (Å²) in [5.74, 6) is 0.844.